The molecule has 0 fully saturated rings. The first-order chi connectivity index (χ1) is 11.4. The van der Waals surface area contributed by atoms with E-state index in [1.54, 1.807) is 6.20 Å². The number of nitrogens with zero attached hydrogens (tertiary/aromatic N) is 3. The van der Waals surface area contributed by atoms with Gasteiger partial charge in [0.25, 0.3) is 0 Å². The van der Waals surface area contributed by atoms with E-state index in [1.807, 2.05) is 72.8 Å². The largest absolute Gasteiger partial charge is 0.260 e. The van der Waals surface area contributed by atoms with Crippen LogP contribution in [-0.2, 0) is 0 Å². The number of hydrazone groups is 1. The van der Waals surface area contributed by atoms with Crippen LogP contribution in [0.25, 0.3) is 0 Å². The van der Waals surface area contributed by atoms with E-state index < -0.39 is 0 Å². The Hall–Kier alpha value is -3.27. The number of hydrogen-bond acceptors (Lipinski definition) is 4. The van der Waals surface area contributed by atoms with Crippen molar-refractivity contribution in [1.82, 2.24) is 10.4 Å². The number of rotatable bonds is 2. The Kier molecular flexibility index (Phi) is 3.41. The van der Waals surface area contributed by atoms with Crippen LogP contribution in [0, 0.1) is 0 Å². The van der Waals surface area contributed by atoms with Crippen molar-refractivity contribution in [2.75, 3.05) is 0 Å². The van der Waals surface area contributed by atoms with Crippen LogP contribution in [0.5, 0.6) is 0 Å². The molecule has 0 unspecified atom stereocenters. The third kappa shape index (κ3) is 2.62. The smallest absolute Gasteiger partial charge is 0.154 e. The molecule has 0 spiro atoms. The monoisotopic (exact) mass is 298 g/mol. The van der Waals surface area contributed by atoms with E-state index in [-0.39, 0.29) is 0 Å². The zero-order valence-electron chi connectivity index (χ0n) is 12.3. The molecule has 0 saturated heterocycles. The number of amidine groups is 1. The van der Waals surface area contributed by atoms with Crippen LogP contribution < -0.4 is 5.43 Å². The minimum Gasteiger partial charge on any atom is -0.260 e. The van der Waals surface area contributed by atoms with E-state index in [0.717, 1.165) is 34.1 Å². The molecular weight excluding hydrogens is 284 g/mol. The van der Waals surface area contributed by atoms with Crippen LogP contribution >= 0.6 is 0 Å². The summed E-state index contributed by atoms with van der Waals surface area (Å²) in [6.07, 6.45) is 1.77. The van der Waals surface area contributed by atoms with Crippen LogP contribution in [-0.4, -0.2) is 16.5 Å². The highest BCUT2D eigenvalue weighted by Crippen LogP contribution is 2.24. The van der Waals surface area contributed by atoms with Crippen molar-refractivity contribution in [3.63, 3.8) is 0 Å². The normalized spacial score (nSPS) is 13.2. The molecule has 3 aromatic rings. The molecule has 1 aromatic heterocycles. The van der Waals surface area contributed by atoms with Gasteiger partial charge in [0, 0.05) is 17.3 Å². The predicted octanol–water partition coefficient (Wildman–Crippen LogP) is 3.52. The molecule has 2 heterocycles. The van der Waals surface area contributed by atoms with Crippen LogP contribution in [0.1, 0.15) is 16.8 Å². The van der Waals surface area contributed by atoms with Gasteiger partial charge in [-0.05, 0) is 18.2 Å². The number of aliphatic imine (C=N–C) groups is 1. The fourth-order valence-electron chi connectivity index (χ4n) is 2.51. The topological polar surface area (TPSA) is 49.6 Å². The molecule has 1 aliphatic rings. The van der Waals surface area contributed by atoms with Gasteiger partial charge in [-0.15, -0.1) is 0 Å². The quantitative estimate of drug-likeness (QED) is 0.787. The van der Waals surface area contributed by atoms with Crippen LogP contribution in [0.2, 0.25) is 0 Å². The van der Waals surface area contributed by atoms with E-state index in [1.165, 1.54) is 0 Å². The summed E-state index contributed by atoms with van der Waals surface area (Å²) >= 11 is 0. The van der Waals surface area contributed by atoms with E-state index in [4.69, 9.17) is 4.99 Å². The Morgan fingerprint density at radius 1 is 0.739 bits per heavy atom. The summed E-state index contributed by atoms with van der Waals surface area (Å²) in [4.78, 5) is 9.17. The average Bonchev–Trinajstić information content (AvgIpc) is 2.83. The molecule has 110 valence electrons. The van der Waals surface area contributed by atoms with Crippen LogP contribution in [0.3, 0.4) is 0 Å². The fraction of sp³-hybridized carbons (Fsp3) is 0. The van der Waals surface area contributed by atoms with Gasteiger partial charge in [0.1, 0.15) is 5.71 Å². The summed E-state index contributed by atoms with van der Waals surface area (Å²) in [5, 5.41) is 4.57. The van der Waals surface area contributed by atoms with Crippen molar-refractivity contribution in [3.05, 3.63) is 95.8 Å². The zero-order chi connectivity index (χ0) is 15.5. The van der Waals surface area contributed by atoms with Crippen molar-refractivity contribution >= 4 is 17.2 Å². The number of nitrogens with one attached hydrogen (secondary N) is 1. The van der Waals surface area contributed by atoms with Crippen LogP contribution in [0.4, 0.5) is 5.69 Å². The van der Waals surface area contributed by atoms with Crippen molar-refractivity contribution in [2.24, 2.45) is 10.1 Å². The highest BCUT2D eigenvalue weighted by molar-refractivity contribution is 6.17. The van der Waals surface area contributed by atoms with E-state index in [9.17, 15) is 0 Å². The lowest BCUT2D eigenvalue weighted by Gasteiger charge is -2.05. The van der Waals surface area contributed by atoms with Gasteiger partial charge in [-0.3, -0.25) is 10.4 Å². The van der Waals surface area contributed by atoms with Gasteiger partial charge >= 0.3 is 0 Å². The molecule has 0 atom stereocenters. The number of para-hydroxylation sites is 1. The molecule has 4 nitrogen and oxygen atoms in total. The van der Waals surface area contributed by atoms with E-state index in [0.29, 0.717) is 0 Å². The summed E-state index contributed by atoms with van der Waals surface area (Å²) in [7, 11) is 0. The number of fused-ring (bicyclic) bond motifs is 1. The first kappa shape index (κ1) is 13.4. The van der Waals surface area contributed by atoms with Crippen molar-refractivity contribution in [2.45, 2.75) is 0 Å². The first-order valence-corrected chi connectivity index (χ1v) is 7.40. The molecule has 1 aliphatic heterocycles. The van der Waals surface area contributed by atoms with Gasteiger partial charge in [0.2, 0.25) is 0 Å². The second-order valence-corrected chi connectivity index (χ2v) is 5.13. The molecular formula is C19H14N4. The Morgan fingerprint density at radius 3 is 2.35 bits per heavy atom. The average molecular weight is 298 g/mol. The second kappa shape index (κ2) is 5.85. The summed E-state index contributed by atoms with van der Waals surface area (Å²) in [5.74, 6) is 0.726. The maximum Gasteiger partial charge on any atom is 0.154 e. The summed E-state index contributed by atoms with van der Waals surface area (Å²) in [6.45, 7) is 0. The molecule has 0 radical (unpaired) electrons. The lowest BCUT2D eigenvalue weighted by Crippen LogP contribution is -2.19. The molecule has 0 aliphatic carbocycles. The Labute approximate surface area is 134 Å². The van der Waals surface area contributed by atoms with Gasteiger partial charge in [0.15, 0.2) is 5.84 Å². The molecule has 1 N–H and O–H groups in total. The first-order valence-electron chi connectivity index (χ1n) is 7.40. The Morgan fingerprint density at radius 2 is 1.52 bits per heavy atom. The SMILES string of the molecule is c1ccc(C2=Nc3ccccc3C(c3ccccn3)=NN2)cc1. The zero-order valence-corrected chi connectivity index (χ0v) is 12.3. The summed E-state index contributed by atoms with van der Waals surface area (Å²) in [6, 6.07) is 23.7. The molecule has 2 aromatic carbocycles. The molecule has 4 rings (SSSR count). The van der Waals surface area contributed by atoms with Crippen molar-refractivity contribution in [3.8, 4) is 0 Å². The molecule has 0 amide bonds. The summed E-state index contributed by atoms with van der Waals surface area (Å²) < 4.78 is 0. The Bertz CT molecular complexity index is 884. The van der Waals surface area contributed by atoms with Crippen molar-refractivity contribution < 1.29 is 0 Å². The maximum absolute atomic E-state index is 4.75. The van der Waals surface area contributed by atoms with E-state index >= 15 is 0 Å². The van der Waals surface area contributed by atoms with Gasteiger partial charge < -0.3 is 0 Å². The van der Waals surface area contributed by atoms with Crippen molar-refractivity contribution in [1.29, 1.82) is 0 Å². The van der Waals surface area contributed by atoms with Gasteiger partial charge in [-0.2, -0.15) is 5.10 Å². The van der Waals surface area contributed by atoms with Crippen LogP contribution in [0.15, 0.2) is 89.1 Å². The number of benzene rings is 2. The lowest BCUT2D eigenvalue weighted by atomic mass is 10.0. The van der Waals surface area contributed by atoms with Gasteiger partial charge in [0.05, 0.1) is 11.4 Å². The number of hydrogen-bond donors (Lipinski definition) is 1. The number of pyridine rings is 1. The van der Waals surface area contributed by atoms with Gasteiger partial charge in [-0.25, -0.2) is 4.99 Å². The molecule has 4 heteroatoms. The molecule has 23 heavy (non-hydrogen) atoms. The fourth-order valence-corrected chi connectivity index (χ4v) is 2.51. The van der Waals surface area contributed by atoms with Gasteiger partial charge in [-0.1, -0.05) is 54.6 Å². The molecule has 0 saturated carbocycles. The highest BCUT2D eigenvalue weighted by Gasteiger charge is 2.17. The standard InChI is InChI=1S/C19H14N4/c1-2-8-14(9-3-1)19-21-16-11-5-4-10-15(16)18(22-23-19)17-12-6-7-13-20-17/h1-13H,(H,21,23). The minimum atomic E-state index is 0.726. The Balaban J connectivity index is 1.87. The van der Waals surface area contributed by atoms with E-state index in [2.05, 4.69) is 15.5 Å². The lowest BCUT2D eigenvalue weighted by molar-refractivity contribution is 1.03. The third-order valence-electron chi connectivity index (χ3n) is 3.62. The second-order valence-electron chi connectivity index (χ2n) is 5.13. The predicted molar refractivity (Wildman–Crippen MR) is 92.1 cm³/mol. The highest BCUT2D eigenvalue weighted by atomic mass is 15.3. The number of aromatic nitrogens is 1. The summed E-state index contributed by atoms with van der Waals surface area (Å²) in [5.41, 5.74) is 7.53. The maximum atomic E-state index is 4.75. The third-order valence-corrected chi connectivity index (χ3v) is 3.62. The molecule has 0 bridgehead atoms. The minimum absolute atomic E-state index is 0.726.